The molecule has 0 unspecified atom stereocenters. The van der Waals surface area contributed by atoms with Gasteiger partial charge in [0.2, 0.25) is 11.6 Å². The average Bonchev–Trinajstić information content (AvgIpc) is 4.21. The molecule has 6 heterocycles. The number of para-hydroxylation sites is 8. The largest absolute Gasteiger partial charge is 0.309 e. The average molecular weight is 844 g/mol. The summed E-state index contributed by atoms with van der Waals surface area (Å²) in [6.07, 6.45) is 0. The minimum absolute atomic E-state index is 0.526. The molecule has 0 amide bonds. The monoisotopic (exact) mass is 843 g/mol. The van der Waals surface area contributed by atoms with Crippen molar-refractivity contribution >= 4 is 99.3 Å². The topological polar surface area (TPSA) is 78.1 Å². The van der Waals surface area contributed by atoms with Gasteiger partial charge in [-0.2, -0.15) is 5.26 Å². The van der Waals surface area contributed by atoms with Gasteiger partial charge in [0.1, 0.15) is 0 Å². The Morgan fingerprint density at radius 2 is 0.667 bits per heavy atom. The molecule has 66 heavy (non-hydrogen) atoms. The highest BCUT2D eigenvalue weighted by Crippen LogP contribution is 2.39. The van der Waals surface area contributed by atoms with Gasteiger partial charge in [-0.05, 0) is 103 Å². The lowest BCUT2D eigenvalue weighted by molar-refractivity contribution is 1.07. The van der Waals surface area contributed by atoms with Crippen molar-refractivity contribution in [2.24, 2.45) is 0 Å². The van der Waals surface area contributed by atoms with Crippen LogP contribution in [0.2, 0.25) is 0 Å². The Hall–Kier alpha value is -9.39. The van der Waals surface area contributed by atoms with Crippen molar-refractivity contribution in [3.05, 3.63) is 206 Å². The molecule has 0 aliphatic carbocycles. The fourth-order valence-corrected chi connectivity index (χ4v) is 10.9. The van der Waals surface area contributed by atoms with E-state index in [0.717, 1.165) is 101 Å². The number of fused-ring (bicyclic) bond motifs is 16. The van der Waals surface area contributed by atoms with Gasteiger partial charge in [-0.1, -0.05) is 97.1 Å². The Balaban J connectivity index is 0.993. The summed E-state index contributed by atoms with van der Waals surface area (Å²) in [5, 5.41) is 15.6. The van der Waals surface area contributed by atoms with Crippen molar-refractivity contribution < 1.29 is 0 Å². The van der Waals surface area contributed by atoms with Crippen LogP contribution in [0.1, 0.15) is 5.56 Å². The smallest absolute Gasteiger partial charge is 0.220 e. The highest BCUT2D eigenvalue weighted by atomic mass is 15.2. The summed E-state index contributed by atoms with van der Waals surface area (Å²) in [6, 6.07) is 72.9. The molecular formula is C57H33N9. The van der Waals surface area contributed by atoms with Crippen molar-refractivity contribution in [2.45, 2.75) is 0 Å². The molecule has 0 saturated carbocycles. The van der Waals surface area contributed by atoms with E-state index < -0.39 is 0 Å². The Kier molecular flexibility index (Phi) is 6.84. The summed E-state index contributed by atoms with van der Waals surface area (Å²) >= 11 is 0. The summed E-state index contributed by atoms with van der Waals surface area (Å²) in [7, 11) is 0. The van der Waals surface area contributed by atoms with Crippen LogP contribution in [0.3, 0.4) is 0 Å². The van der Waals surface area contributed by atoms with Crippen LogP contribution in [0.4, 0.5) is 0 Å². The predicted octanol–water partition coefficient (Wildman–Crippen LogP) is 13.2. The maximum absolute atomic E-state index is 10.8. The van der Waals surface area contributed by atoms with Crippen LogP contribution in [-0.2, 0) is 0 Å². The number of imidazole rings is 4. The van der Waals surface area contributed by atoms with Gasteiger partial charge in [0.15, 0.2) is 0 Å². The molecule has 6 aromatic heterocycles. The first-order valence-corrected chi connectivity index (χ1v) is 22.1. The fraction of sp³-hybridized carbons (Fsp3) is 0. The Labute approximate surface area is 374 Å². The molecule has 15 rings (SSSR count). The van der Waals surface area contributed by atoms with E-state index in [1.807, 2.05) is 24.3 Å². The first-order chi connectivity index (χ1) is 32.7. The lowest BCUT2D eigenvalue weighted by Gasteiger charge is -2.12. The van der Waals surface area contributed by atoms with E-state index in [-0.39, 0.29) is 0 Å². The van der Waals surface area contributed by atoms with Crippen LogP contribution >= 0.6 is 0 Å². The number of nitriles is 1. The lowest BCUT2D eigenvalue weighted by atomic mass is 10.1. The number of aromatic nitrogens is 8. The summed E-state index contributed by atoms with van der Waals surface area (Å²) < 4.78 is 13.6. The fourth-order valence-electron chi connectivity index (χ4n) is 10.9. The van der Waals surface area contributed by atoms with Gasteiger partial charge in [-0.25, -0.2) is 9.97 Å². The summed E-state index contributed by atoms with van der Waals surface area (Å²) in [5.74, 6) is 1.52. The molecule has 0 atom stereocenters. The predicted molar refractivity (Wildman–Crippen MR) is 266 cm³/mol. The minimum atomic E-state index is 0.526. The van der Waals surface area contributed by atoms with Crippen LogP contribution in [0.5, 0.6) is 0 Å². The summed E-state index contributed by atoms with van der Waals surface area (Å²) in [4.78, 5) is 10.6. The van der Waals surface area contributed by atoms with Gasteiger partial charge in [0, 0.05) is 32.9 Å². The third-order valence-electron chi connectivity index (χ3n) is 13.6. The van der Waals surface area contributed by atoms with E-state index >= 15 is 0 Å². The molecular weight excluding hydrogens is 811 g/mol. The van der Waals surface area contributed by atoms with Gasteiger partial charge < -0.3 is 9.13 Å². The van der Waals surface area contributed by atoms with Crippen molar-refractivity contribution in [1.82, 2.24) is 37.0 Å². The molecule has 9 aromatic carbocycles. The molecule has 306 valence electrons. The quantitative estimate of drug-likeness (QED) is 0.177. The molecule has 0 radical (unpaired) electrons. The number of hydrogen-bond donors (Lipinski definition) is 0. The highest BCUT2D eigenvalue weighted by Gasteiger charge is 2.23. The van der Waals surface area contributed by atoms with E-state index in [9.17, 15) is 5.26 Å². The van der Waals surface area contributed by atoms with Gasteiger partial charge >= 0.3 is 0 Å². The molecule has 0 N–H and O–H groups in total. The van der Waals surface area contributed by atoms with E-state index in [2.05, 4.69) is 209 Å². The van der Waals surface area contributed by atoms with Crippen LogP contribution in [-0.4, -0.2) is 37.0 Å². The second-order valence-corrected chi connectivity index (χ2v) is 17.1. The second kappa shape index (κ2) is 12.8. The molecule has 9 nitrogen and oxygen atoms in total. The van der Waals surface area contributed by atoms with E-state index in [4.69, 9.17) is 9.97 Å². The van der Waals surface area contributed by atoms with Crippen molar-refractivity contribution in [3.8, 4) is 28.8 Å². The summed E-state index contributed by atoms with van der Waals surface area (Å²) in [5.41, 5.74) is 16.6. The lowest BCUT2D eigenvalue weighted by Crippen LogP contribution is -2.01. The third-order valence-corrected chi connectivity index (χ3v) is 13.6. The molecule has 0 fully saturated rings. The molecule has 15 aromatic rings. The normalized spacial score (nSPS) is 12.2. The molecule has 0 saturated heterocycles. The standard InChI is InChI=1S/C57H33N9/c58-34-35-29-38(63-52-27-25-36(32-54(52)65-50-23-11-5-17-44(50)59-56(63)65)61-46-19-7-1-13-40(46)41-14-2-8-20-47(41)61)31-39(30-35)64-53-28-26-37(33-55(53)66-51-24-12-6-18-45(51)60-57(64)66)62-48-21-9-3-15-42(48)43-16-4-10-22-49(43)62/h1-33H. The maximum atomic E-state index is 10.8. The molecule has 0 bridgehead atoms. The van der Waals surface area contributed by atoms with Gasteiger partial charge in [0.05, 0.1) is 89.2 Å². The molecule has 0 spiro atoms. The van der Waals surface area contributed by atoms with E-state index in [1.54, 1.807) is 0 Å². The van der Waals surface area contributed by atoms with Crippen LogP contribution in [0.15, 0.2) is 200 Å². The van der Waals surface area contributed by atoms with Crippen molar-refractivity contribution in [2.75, 3.05) is 0 Å². The van der Waals surface area contributed by atoms with Crippen LogP contribution < -0.4 is 0 Å². The van der Waals surface area contributed by atoms with E-state index in [1.165, 1.54) is 21.5 Å². The maximum Gasteiger partial charge on any atom is 0.220 e. The summed E-state index contributed by atoms with van der Waals surface area (Å²) in [6.45, 7) is 0. The molecule has 0 aliphatic heterocycles. The van der Waals surface area contributed by atoms with Crippen molar-refractivity contribution in [1.29, 1.82) is 5.26 Å². The van der Waals surface area contributed by atoms with E-state index in [0.29, 0.717) is 5.56 Å². The zero-order valence-electron chi connectivity index (χ0n) is 35.1. The number of hydrogen-bond acceptors (Lipinski definition) is 3. The van der Waals surface area contributed by atoms with Crippen LogP contribution in [0, 0.1) is 11.3 Å². The first-order valence-electron chi connectivity index (χ1n) is 22.1. The first kappa shape index (κ1) is 35.1. The van der Waals surface area contributed by atoms with Gasteiger partial charge in [-0.3, -0.25) is 17.9 Å². The third kappa shape index (κ3) is 4.61. The Morgan fingerprint density at radius 3 is 1.06 bits per heavy atom. The minimum Gasteiger partial charge on any atom is -0.309 e. The van der Waals surface area contributed by atoms with Crippen LogP contribution in [0.25, 0.3) is 122 Å². The Morgan fingerprint density at radius 1 is 0.303 bits per heavy atom. The molecule has 9 heteroatoms. The van der Waals surface area contributed by atoms with Gasteiger partial charge in [0.25, 0.3) is 0 Å². The SMILES string of the molecule is N#Cc1cc(-n2c3ccc(-n4c5ccccc5c5ccccc54)cc3n3c4ccccc4nc23)cc(-n2c3ccc(-n4c5ccccc5c5ccccc54)cc3n3c4ccccc4nc23)c1. The zero-order valence-corrected chi connectivity index (χ0v) is 35.1. The number of benzene rings is 9. The molecule has 0 aliphatic rings. The zero-order chi connectivity index (χ0) is 43.2. The number of nitrogens with zero attached hydrogens (tertiary/aromatic N) is 9. The Bertz CT molecular complexity index is 4220. The van der Waals surface area contributed by atoms with Gasteiger partial charge in [-0.15, -0.1) is 0 Å². The second-order valence-electron chi connectivity index (χ2n) is 17.1. The number of rotatable bonds is 4. The van der Waals surface area contributed by atoms with Crippen molar-refractivity contribution in [3.63, 3.8) is 0 Å². The highest BCUT2D eigenvalue weighted by molar-refractivity contribution is 6.11.